The highest BCUT2D eigenvalue weighted by molar-refractivity contribution is 6.30. The lowest BCUT2D eigenvalue weighted by atomic mass is 9.99. The average molecular weight is 280 g/mol. The van der Waals surface area contributed by atoms with Crippen LogP contribution in [0.4, 0.5) is 4.79 Å². The molecule has 2 aliphatic heterocycles. The van der Waals surface area contributed by atoms with Gasteiger partial charge in [0.05, 0.1) is 6.54 Å². The standard InChI is InChI=1S/C13H14ClN3O2/c14-10-3-1-9(2-4-10)7-17-11(18)13(16-12(17)19)5-6-15-8-13/h1-4,15H,5-8H2,(H,16,19). The van der Waals surface area contributed by atoms with E-state index in [0.29, 0.717) is 18.0 Å². The molecule has 1 aromatic rings. The van der Waals surface area contributed by atoms with E-state index in [0.717, 1.165) is 12.1 Å². The summed E-state index contributed by atoms with van der Waals surface area (Å²) in [5.74, 6) is -0.141. The highest BCUT2D eigenvalue weighted by Gasteiger charge is 2.52. The summed E-state index contributed by atoms with van der Waals surface area (Å²) in [5.41, 5.74) is 0.152. The van der Waals surface area contributed by atoms with Crippen molar-refractivity contribution in [3.63, 3.8) is 0 Å². The summed E-state index contributed by atoms with van der Waals surface area (Å²) in [6, 6.07) is 6.83. The van der Waals surface area contributed by atoms with E-state index in [9.17, 15) is 9.59 Å². The molecule has 1 aromatic carbocycles. The van der Waals surface area contributed by atoms with E-state index in [4.69, 9.17) is 11.6 Å². The molecule has 0 bridgehead atoms. The molecule has 2 fully saturated rings. The van der Waals surface area contributed by atoms with Gasteiger partial charge in [-0.3, -0.25) is 9.69 Å². The van der Waals surface area contributed by atoms with Crippen LogP contribution in [0.3, 0.4) is 0 Å². The van der Waals surface area contributed by atoms with Crippen LogP contribution in [-0.2, 0) is 11.3 Å². The summed E-state index contributed by atoms with van der Waals surface area (Å²) in [5, 5.41) is 6.56. The molecular weight excluding hydrogens is 266 g/mol. The first-order chi connectivity index (χ1) is 9.11. The van der Waals surface area contributed by atoms with Gasteiger partial charge in [0.2, 0.25) is 0 Å². The monoisotopic (exact) mass is 279 g/mol. The van der Waals surface area contributed by atoms with Crippen molar-refractivity contribution in [3.8, 4) is 0 Å². The van der Waals surface area contributed by atoms with E-state index in [-0.39, 0.29) is 18.5 Å². The van der Waals surface area contributed by atoms with Crippen molar-refractivity contribution < 1.29 is 9.59 Å². The number of benzene rings is 1. The minimum absolute atomic E-state index is 0.141. The highest BCUT2D eigenvalue weighted by Crippen LogP contribution is 2.25. The van der Waals surface area contributed by atoms with Gasteiger partial charge in [0.15, 0.2) is 0 Å². The molecule has 2 N–H and O–H groups in total. The van der Waals surface area contributed by atoms with Gasteiger partial charge >= 0.3 is 6.03 Å². The van der Waals surface area contributed by atoms with Crippen LogP contribution in [0, 0.1) is 0 Å². The van der Waals surface area contributed by atoms with Crippen molar-refractivity contribution in [2.24, 2.45) is 0 Å². The number of halogens is 1. The number of hydrogen-bond acceptors (Lipinski definition) is 3. The number of carbonyl (C=O) groups is 2. The lowest BCUT2D eigenvalue weighted by molar-refractivity contribution is -0.131. The molecule has 0 aliphatic carbocycles. The SMILES string of the molecule is O=C1NC2(CCNC2)C(=O)N1Cc1ccc(Cl)cc1. The van der Waals surface area contributed by atoms with Crippen molar-refractivity contribution >= 4 is 23.5 Å². The fraction of sp³-hybridized carbons (Fsp3) is 0.385. The number of nitrogens with zero attached hydrogens (tertiary/aromatic N) is 1. The summed E-state index contributed by atoms with van der Waals surface area (Å²) in [6.45, 7) is 1.54. The average Bonchev–Trinajstić information content (AvgIpc) is 2.94. The van der Waals surface area contributed by atoms with Crippen molar-refractivity contribution in [2.75, 3.05) is 13.1 Å². The summed E-state index contributed by atoms with van der Waals surface area (Å²) < 4.78 is 0. The Morgan fingerprint density at radius 1 is 1.26 bits per heavy atom. The number of nitrogens with one attached hydrogen (secondary N) is 2. The van der Waals surface area contributed by atoms with E-state index >= 15 is 0 Å². The van der Waals surface area contributed by atoms with Crippen LogP contribution in [0.5, 0.6) is 0 Å². The Labute approximate surface area is 115 Å². The molecule has 0 radical (unpaired) electrons. The predicted molar refractivity (Wildman–Crippen MR) is 70.8 cm³/mol. The first kappa shape index (κ1) is 12.4. The van der Waals surface area contributed by atoms with Crippen LogP contribution in [0.25, 0.3) is 0 Å². The number of amides is 3. The third-order valence-electron chi connectivity index (χ3n) is 3.66. The zero-order chi connectivity index (χ0) is 13.5. The maximum atomic E-state index is 12.4. The van der Waals surface area contributed by atoms with Crippen LogP contribution in [0.1, 0.15) is 12.0 Å². The zero-order valence-corrected chi connectivity index (χ0v) is 11.0. The number of rotatable bonds is 2. The highest BCUT2D eigenvalue weighted by atomic mass is 35.5. The molecule has 1 atom stereocenters. The van der Waals surface area contributed by atoms with E-state index in [1.807, 2.05) is 12.1 Å². The van der Waals surface area contributed by atoms with Gasteiger partial charge < -0.3 is 10.6 Å². The molecule has 1 spiro atoms. The van der Waals surface area contributed by atoms with E-state index in [1.54, 1.807) is 12.1 Å². The number of carbonyl (C=O) groups excluding carboxylic acids is 2. The second-order valence-electron chi connectivity index (χ2n) is 4.96. The van der Waals surface area contributed by atoms with E-state index in [1.165, 1.54) is 4.90 Å². The first-order valence-corrected chi connectivity index (χ1v) is 6.58. The number of urea groups is 1. The quantitative estimate of drug-likeness (QED) is 0.798. The third-order valence-corrected chi connectivity index (χ3v) is 3.91. The second-order valence-corrected chi connectivity index (χ2v) is 5.39. The Hall–Kier alpha value is -1.59. The van der Waals surface area contributed by atoms with Gasteiger partial charge in [0, 0.05) is 11.6 Å². The summed E-state index contributed by atoms with van der Waals surface area (Å²) in [4.78, 5) is 25.6. The summed E-state index contributed by atoms with van der Waals surface area (Å²) >= 11 is 5.82. The van der Waals surface area contributed by atoms with Gasteiger partial charge in [-0.1, -0.05) is 23.7 Å². The maximum Gasteiger partial charge on any atom is 0.325 e. The van der Waals surface area contributed by atoms with Crippen LogP contribution < -0.4 is 10.6 Å². The minimum Gasteiger partial charge on any atom is -0.322 e. The molecule has 2 saturated heterocycles. The molecule has 3 amide bonds. The van der Waals surface area contributed by atoms with Crippen molar-refractivity contribution in [2.45, 2.75) is 18.5 Å². The Morgan fingerprint density at radius 2 is 2.00 bits per heavy atom. The molecule has 2 heterocycles. The lowest BCUT2D eigenvalue weighted by Crippen LogP contribution is -2.48. The number of hydrogen-bond donors (Lipinski definition) is 2. The fourth-order valence-electron chi connectivity index (χ4n) is 2.57. The van der Waals surface area contributed by atoms with Gasteiger partial charge in [-0.05, 0) is 30.7 Å². The maximum absolute atomic E-state index is 12.4. The van der Waals surface area contributed by atoms with E-state index < -0.39 is 5.54 Å². The van der Waals surface area contributed by atoms with Crippen molar-refractivity contribution in [1.29, 1.82) is 0 Å². The molecule has 1 unspecified atom stereocenters. The molecule has 5 nitrogen and oxygen atoms in total. The Morgan fingerprint density at radius 3 is 2.63 bits per heavy atom. The van der Waals surface area contributed by atoms with Crippen LogP contribution in [-0.4, -0.2) is 35.5 Å². The van der Waals surface area contributed by atoms with Gasteiger partial charge in [-0.25, -0.2) is 4.79 Å². The van der Waals surface area contributed by atoms with Gasteiger partial charge in [-0.2, -0.15) is 0 Å². The van der Waals surface area contributed by atoms with Crippen LogP contribution >= 0.6 is 11.6 Å². The van der Waals surface area contributed by atoms with Crippen molar-refractivity contribution in [1.82, 2.24) is 15.5 Å². The van der Waals surface area contributed by atoms with Crippen LogP contribution in [0.15, 0.2) is 24.3 Å². The molecule has 100 valence electrons. The molecule has 2 aliphatic rings. The first-order valence-electron chi connectivity index (χ1n) is 6.20. The Balaban J connectivity index is 1.79. The lowest BCUT2D eigenvalue weighted by Gasteiger charge is -2.19. The minimum atomic E-state index is -0.733. The third kappa shape index (κ3) is 2.09. The van der Waals surface area contributed by atoms with Gasteiger partial charge in [-0.15, -0.1) is 0 Å². The topological polar surface area (TPSA) is 61.4 Å². The number of imide groups is 1. The van der Waals surface area contributed by atoms with Crippen LogP contribution in [0.2, 0.25) is 5.02 Å². The predicted octanol–water partition coefficient (Wildman–Crippen LogP) is 1.12. The van der Waals surface area contributed by atoms with Gasteiger partial charge in [0.1, 0.15) is 5.54 Å². The summed E-state index contributed by atoms with van der Waals surface area (Å²) in [7, 11) is 0. The molecule has 0 aromatic heterocycles. The largest absolute Gasteiger partial charge is 0.325 e. The zero-order valence-electron chi connectivity index (χ0n) is 10.3. The normalized spacial score (nSPS) is 26.3. The van der Waals surface area contributed by atoms with Crippen molar-refractivity contribution in [3.05, 3.63) is 34.9 Å². The van der Waals surface area contributed by atoms with Gasteiger partial charge in [0.25, 0.3) is 5.91 Å². The Bertz CT molecular complexity index is 523. The summed E-state index contributed by atoms with van der Waals surface area (Å²) in [6.07, 6.45) is 0.648. The molecule has 19 heavy (non-hydrogen) atoms. The molecule has 6 heteroatoms. The Kier molecular flexibility index (Phi) is 2.95. The molecular formula is C13H14ClN3O2. The molecule has 0 saturated carbocycles. The fourth-order valence-corrected chi connectivity index (χ4v) is 2.70. The smallest absolute Gasteiger partial charge is 0.322 e. The second kappa shape index (κ2) is 4.51. The van der Waals surface area contributed by atoms with E-state index in [2.05, 4.69) is 10.6 Å². The molecule has 3 rings (SSSR count).